The molecule has 2 N–H and O–H groups in total. The van der Waals surface area contributed by atoms with Crippen LogP contribution in [-0.2, 0) is 0 Å². The van der Waals surface area contributed by atoms with Crippen LogP contribution in [-0.4, -0.2) is 75.5 Å². The Morgan fingerprint density at radius 2 is 1.14 bits per heavy atom. The van der Waals surface area contributed by atoms with Gasteiger partial charge in [-0.25, -0.2) is 4.79 Å². The van der Waals surface area contributed by atoms with Crippen molar-refractivity contribution in [3.63, 3.8) is 0 Å². The fraction of sp³-hybridized carbons (Fsp3) is 0. The number of carboxylic acid groups (broad SMARTS) is 2. The van der Waals surface area contributed by atoms with E-state index < -0.39 is 6.16 Å². The maximum atomic E-state index is 8.56. The van der Waals surface area contributed by atoms with Gasteiger partial charge in [0.05, 0.1) is 0 Å². The Hall–Kier alpha value is 1.62. The van der Waals surface area contributed by atoms with Crippen molar-refractivity contribution in [3.05, 3.63) is 0 Å². The molecule has 0 aromatic rings. The standard InChI is InChI=1S/CH2O3.2Na.H2S.2H/c2-1(3)4;;;;;/h(H2,2,3,4);;;1H2;;. The summed E-state index contributed by atoms with van der Waals surface area (Å²) in [5, 5.41) is 13.9. The number of rotatable bonds is 0. The average Bonchev–Trinajstić information content (AvgIpc) is 0.811. The molecule has 0 aliphatic rings. The van der Waals surface area contributed by atoms with Gasteiger partial charge in [-0.15, -0.1) is 0 Å². The van der Waals surface area contributed by atoms with Crippen LogP contribution in [0.5, 0.6) is 0 Å². The molecule has 0 saturated heterocycles. The number of hydrogen-bond acceptors (Lipinski definition) is 1. The first-order chi connectivity index (χ1) is 1.73. The fourth-order valence-electron chi connectivity index (χ4n) is 0. The van der Waals surface area contributed by atoms with E-state index in [4.69, 9.17) is 15.0 Å². The van der Waals surface area contributed by atoms with E-state index in [9.17, 15) is 0 Å². The summed E-state index contributed by atoms with van der Waals surface area (Å²) in [6.07, 6.45) is -1.83. The van der Waals surface area contributed by atoms with Gasteiger partial charge in [0.1, 0.15) is 0 Å². The molecule has 0 atom stereocenters. The van der Waals surface area contributed by atoms with E-state index in [0.717, 1.165) is 0 Å². The molecule has 0 saturated carbocycles. The first-order valence-electron chi connectivity index (χ1n) is 0.651. The van der Waals surface area contributed by atoms with Crippen LogP contribution in [0.4, 0.5) is 4.79 Å². The zero-order valence-corrected chi connectivity index (χ0v) is 3.30. The zero-order chi connectivity index (χ0) is 3.58. The Morgan fingerprint density at radius 1 is 1.14 bits per heavy atom. The summed E-state index contributed by atoms with van der Waals surface area (Å²) in [5.74, 6) is 0. The normalized spacial score (nSPS) is 3.43. The van der Waals surface area contributed by atoms with Gasteiger partial charge in [0.25, 0.3) is 0 Å². The molecule has 0 aliphatic heterocycles. The second-order valence-corrected chi connectivity index (χ2v) is 0.283. The minimum atomic E-state index is -1.83. The molecule has 6 heteroatoms. The van der Waals surface area contributed by atoms with Gasteiger partial charge < -0.3 is 10.2 Å². The first-order valence-corrected chi connectivity index (χ1v) is 0.651. The van der Waals surface area contributed by atoms with Crippen molar-refractivity contribution in [2.75, 3.05) is 0 Å². The molecule has 0 amide bonds. The van der Waals surface area contributed by atoms with E-state index in [0.29, 0.717) is 0 Å². The Kier molecular flexibility index (Phi) is 52.4. The minimum absolute atomic E-state index is 0. The molecular weight excluding hydrogens is 138 g/mol. The summed E-state index contributed by atoms with van der Waals surface area (Å²) in [5.41, 5.74) is 0. The predicted octanol–water partition coefficient (Wildman–Crippen LogP) is -0.962. The molecule has 0 radical (unpaired) electrons. The zero-order valence-electron chi connectivity index (χ0n) is 2.30. The van der Waals surface area contributed by atoms with Crippen molar-refractivity contribution in [1.29, 1.82) is 0 Å². The van der Waals surface area contributed by atoms with Gasteiger partial charge in [-0.2, -0.15) is 13.5 Å². The van der Waals surface area contributed by atoms with Gasteiger partial charge in [-0.3, -0.25) is 0 Å². The fourth-order valence-corrected chi connectivity index (χ4v) is 0. The van der Waals surface area contributed by atoms with Crippen molar-refractivity contribution in [1.82, 2.24) is 0 Å². The molecule has 7 heavy (non-hydrogen) atoms. The summed E-state index contributed by atoms with van der Waals surface area (Å²) in [4.78, 5) is 8.56. The van der Waals surface area contributed by atoms with Gasteiger partial charge in [0, 0.05) is 0 Å². The van der Waals surface area contributed by atoms with E-state index in [1.807, 2.05) is 0 Å². The molecule has 0 heterocycles. The van der Waals surface area contributed by atoms with Crippen LogP contribution in [0.15, 0.2) is 0 Å². The van der Waals surface area contributed by atoms with Crippen LogP contribution in [0, 0.1) is 0 Å². The van der Waals surface area contributed by atoms with Crippen LogP contribution in [0.25, 0.3) is 0 Å². The van der Waals surface area contributed by atoms with Gasteiger partial charge in [-0.05, 0) is 0 Å². The second-order valence-electron chi connectivity index (χ2n) is 0.283. The maximum absolute atomic E-state index is 8.56. The molecular formula is CH6Na2O3S. The summed E-state index contributed by atoms with van der Waals surface area (Å²) in [6.45, 7) is 0. The van der Waals surface area contributed by atoms with E-state index in [2.05, 4.69) is 0 Å². The Bertz CT molecular complexity index is 35.9. The molecule has 0 spiro atoms. The molecule has 0 fully saturated rings. The first kappa shape index (κ1) is 23.4. The van der Waals surface area contributed by atoms with Crippen LogP contribution in [0.1, 0.15) is 0 Å². The monoisotopic (exact) mass is 144 g/mol. The van der Waals surface area contributed by atoms with Gasteiger partial charge in [-0.1, -0.05) is 0 Å². The Morgan fingerprint density at radius 3 is 1.14 bits per heavy atom. The molecule has 0 aromatic carbocycles. The van der Waals surface area contributed by atoms with Crippen LogP contribution < -0.4 is 0 Å². The molecule has 0 aliphatic carbocycles. The summed E-state index contributed by atoms with van der Waals surface area (Å²) >= 11 is 0. The third kappa shape index (κ3) is 91.7. The van der Waals surface area contributed by atoms with Gasteiger partial charge >= 0.3 is 65.3 Å². The molecule has 36 valence electrons. The summed E-state index contributed by atoms with van der Waals surface area (Å²) in [6, 6.07) is 0. The van der Waals surface area contributed by atoms with E-state index in [1.165, 1.54) is 0 Å². The second kappa shape index (κ2) is 15.6. The van der Waals surface area contributed by atoms with Crippen molar-refractivity contribution in [2.45, 2.75) is 0 Å². The summed E-state index contributed by atoms with van der Waals surface area (Å²) < 4.78 is 0. The molecule has 0 unspecified atom stereocenters. The molecule has 0 rings (SSSR count). The number of carbonyl (C=O) groups is 1. The quantitative estimate of drug-likeness (QED) is 0.430. The van der Waals surface area contributed by atoms with Gasteiger partial charge in [0.2, 0.25) is 0 Å². The van der Waals surface area contributed by atoms with Crippen molar-refractivity contribution >= 4 is 78.8 Å². The van der Waals surface area contributed by atoms with Crippen LogP contribution in [0.2, 0.25) is 0 Å². The molecule has 0 aromatic heterocycles. The SMILES string of the molecule is O=C(O)O.S.[NaH].[NaH]. The van der Waals surface area contributed by atoms with E-state index >= 15 is 0 Å². The van der Waals surface area contributed by atoms with Crippen molar-refractivity contribution in [2.24, 2.45) is 0 Å². The predicted molar refractivity (Wildman–Crippen MR) is 35.3 cm³/mol. The third-order valence-corrected chi connectivity index (χ3v) is 0. The summed E-state index contributed by atoms with van der Waals surface area (Å²) in [7, 11) is 0. The van der Waals surface area contributed by atoms with Crippen LogP contribution >= 0.6 is 13.5 Å². The van der Waals surface area contributed by atoms with Crippen molar-refractivity contribution in [3.8, 4) is 0 Å². The average molecular weight is 144 g/mol. The Labute approximate surface area is 92.5 Å². The van der Waals surface area contributed by atoms with Crippen LogP contribution in [0.3, 0.4) is 0 Å². The van der Waals surface area contributed by atoms with Gasteiger partial charge in [0.15, 0.2) is 0 Å². The third-order valence-electron chi connectivity index (χ3n) is 0. The Balaban J connectivity index is -0.0000000150. The number of hydrogen-bond donors (Lipinski definition) is 2. The van der Waals surface area contributed by atoms with E-state index in [-0.39, 0.29) is 72.6 Å². The van der Waals surface area contributed by atoms with Crippen molar-refractivity contribution < 1.29 is 15.0 Å². The van der Waals surface area contributed by atoms with E-state index in [1.54, 1.807) is 0 Å². The molecule has 3 nitrogen and oxygen atoms in total. The topological polar surface area (TPSA) is 57.5 Å². The molecule has 0 bridgehead atoms.